The molecule has 0 radical (unpaired) electrons. The molecule has 20 heavy (non-hydrogen) atoms. The minimum atomic E-state index is -4.05. The first kappa shape index (κ1) is 16.4. The SMILES string of the molecule is CCOC(=O)CCNS(=O)(=O)c1cc(N)c(C)cc1F. The van der Waals surface area contributed by atoms with Crippen LogP contribution in [0.2, 0.25) is 0 Å². The molecule has 0 spiro atoms. The van der Waals surface area contributed by atoms with Crippen LogP contribution in [0.15, 0.2) is 17.0 Å². The number of sulfonamides is 1. The summed E-state index contributed by atoms with van der Waals surface area (Å²) in [5.74, 6) is -1.42. The van der Waals surface area contributed by atoms with Gasteiger partial charge in [-0.25, -0.2) is 17.5 Å². The van der Waals surface area contributed by atoms with Gasteiger partial charge >= 0.3 is 5.97 Å². The maximum atomic E-state index is 13.7. The Morgan fingerprint density at radius 3 is 2.70 bits per heavy atom. The molecule has 112 valence electrons. The third-order valence-electron chi connectivity index (χ3n) is 2.54. The van der Waals surface area contributed by atoms with Crippen LogP contribution in [-0.2, 0) is 19.6 Å². The van der Waals surface area contributed by atoms with Gasteiger partial charge in [0.05, 0.1) is 13.0 Å². The molecule has 3 N–H and O–H groups in total. The van der Waals surface area contributed by atoms with Crippen molar-refractivity contribution in [3.63, 3.8) is 0 Å². The summed E-state index contributed by atoms with van der Waals surface area (Å²) in [5, 5.41) is 0. The smallest absolute Gasteiger partial charge is 0.307 e. The van der Waals surface area contributed by atoms with E-state index in [1.807, 2.05) is 0 Å². The Bertz CT molecular complexity index is 602. The van der Waals surface area contributed by atoms with Gasteiger partial charge in [0.15, 0.2) is 0 Å². The first-order valence-corrected chi connectivity index (χ1v) is 7.47. The predicted molar refractivity (Wildman–Crippen MR) is 72.0 cm³/mol. The highest BCUT2D eigenvalue weighted by Gasteiger charge is 2.20. The summed E-state index contributed by atoms with van der Waals surface area (Å²) in [6.07, 6.45) is -0.129. The molecule has 0 saturated heterocycles. The van der Waals surface area contributed by atoms with Crippen LogP contribution in [-0.4, -0.2) is 27.5 Å². The molecular formula is C12H17FN2O4S. The minimum Gasteiger partial charge on any atom is -0.466 e. The number of carbonyl (C=O) groups is 1. The van der Waals surface area contributed by atoms with Crippen molar-refractivity contribution in [2.75, 3.05) is 18.9 Å². The second kappa shape index (κ2) is 6.67. The topological polar surface area (TPSA) is 98.5 Å². The fourth-order valence-electron chi connectivity index (χ4n) is 1.47. The third-order valence-corrected chi connectivity index (χ3v) is 4.01. The molecule has 1 rings (SSSR count). The van der Waals surface area contributed by atoms with E-state index in [2.05, 4.69) is 9.46 Å². The van der Waals surface area contributed by atoms with E-state index < -0.39 is 26.7 Å². The summed E-state index contributed by atoms with van der Waals surface area (Å²) in [6, 6.07) is 2.10. The van der Waals surface area contributed by atoms with E-state index in [1.165, 1.54) is 0 Å². The van der Waals surface area contributed by atoms with Gasteiger partial charge in [-0.1, -0.05) is 0 Å². The third kappa shape index (κ3) is 4.17. The van der Waals surface area contributed by atoms with E-state index in [-0.39, 0.29) is 25.3 Å². The van der Waals surface area contributed by atoms with Gasteiger partial charge in [0.1, 0.15) is 10.7 Å². The van der Waals surface area contributed by atoms with Crippen LogP contribution in [0.1, 0.15) is 18.9 Å². The molecule has 0 aromatic heterocycles. The van der Waals surface area contributed by atoms with Crippen LogP contribution in [0.25, 0.3) is 0 Å². The van der Waals surface area contributed by atoms with E-state index in [9.17, 15) is 17.6 Å². The van der Waals surface area contributed by atoms with Crippen LogP contribution >= 0.6 is 0 Å². The number of hydrogen-bond acceptors (Lipinski definition) is 5. The van der Waals surface area contributed by atoms with Crippen molar-refractivity contribution in [2.24, 2.45) is 0 Å². The zero-order chi connectivity index (χ0) is 15.3. The summed E-state index contributed by atoms with van der Waals surface area (Å²) in [5.41, 5.74) is 6.20. The van der Waals surface area contributed by atoms with Crippen molar-refractivity contribution in [2.45, 2.75) is 25.2 Å². The molecule has 1 aromatic rings. The quantitative estimate of drug-likeness (QED) is 0.602. The Labute approximate surface area is 117 Å². The molecule has 6 nitrogen and oxygen atoms in total. The average Bonchev–Trinajstić information content (AvgIpc) is 2.33. The highest BCUT2D eigenvalue weighted by Crippen LogP contribution is 2.21. The van der Waals surface area contributed by atoms with E-state index in [4.69, 9.17) is 5.73 Å². The van der Waals surface area contributed by atoms with Crippen molar-refractivity contribution in [3.05, 3.63) is 23.5 Å². The summed E-state index contributed by atoms with van der Waals surface area (Å²) in [7, 11) is -4.05. The second-order valence-corrected chi connectivity index (χ2v) is 5.83. The Kier molecular flexibility index (Phi) is 5.46. The normalized spacial score (nSPS) is 11.3. The van der Waals surface area contributed by atoms with Crippen LogP contribution in [0, 0.1) is 12.7 Å². The standard InChI is InChI=1S/C12H17FN2O4S/c1-3-19-12(16)4-5-15-20(17,18)11-7-10(14)8(2)6-9(11)13/h6-7,15H,3-5,14H2,1-2H3. The van der Waals surface area contributed by atoms with E-state index in [0.29, 0.717) is 5.56 Å². The summed E-state index contributed by atoms with van der Waals surface area (Å²) in [4.78, 5) is 10.5. The predicted octanol–water partition coefficient (Wildman–Crippen LogP) is 0.948. The van der Waals surface area contributed by atoms with Crippen LogP contribution in [0.4, 0.5) is 10.1 Å². The lowest BCUT2D eigenvalue weighted by Gasteiger charge is -2.09. The Morgan fingerprint density at radius 1 is 1.45 bits per heavy atom. The van der Waals surface area contributed by atoms with Gasteiger partial charge in [-0.15, -0.1) is 0 Å². The van der Waals surface area contributed by atoms with Crippen molar-refractivity contribution < 1.29 is 22.3 Å². The second-order valence-electron chi connectivity index (χ2n) is 4.09. The molecule has 0 aliphatic rings. The molecule has 0 unspecified atom stereocenters. The number of esters is 1. The van der Waals surface area contributed by atoms with Crippen molar-refractivity contribution >= 4 is 21.7 Å². The first-order chi connectivity index (χ1) is 9.27. The Balaban J connectivity index is 2.79. The average molecular weight is 304 g/mol. The zero-order valence-corrected chi connectivity index (χ0v) is 12.1. The highest BCUT2D eigenvalue weighted by atomic mass is 32.2. The highest BCUT2D eigenvalue weighted by molar-refractivity contribution is 7.89. The molecular weight excluding hydrogens is 287 g/mol. The molecule has 0 bridgehead atoms. The first-order valence-electron chi connectivity index (χ1n) is 5.99. The number of ether oxygens (including phenoxy) is 1. The molecule has 0 aliphatic carbocycles. The van der Waals surface area contributed by atoms with Crippen LogP contribution in [0.5, 0.6) is 0 Å². The van der Waals surface area contributed by atoms with Crippen LogP contribution in [0.3, 0.4) is 0 Å². The minimum absolute atomic E-state index is 0.129. The number of halogens is 1. The van der Waals surface area contributed by atoms with Gasteiger partial charge in [0.2, 0.25) is 10.0 Å². The number of rotatable bonds is 6. The van der Waals surface area contributed by atoms with Crippen LogP contribution < -0.4 is 10.5 Å². The summed E-state index contributed by atoms with van der Waals surface area (Å²) < 4.78 is 44.2. The van der Waals surface area contributed by atoms with Crippen molar-refractivity contribution in [1.82, 2.24) is 4.72 Å². The molecule has 0 fully saturated rings. The number of hydrogen-bond donors (Lipinski definition) is 2. The largest absolute Gasteiger partial charge is 0.466 e. The van der Waals surface area contributed by atoms with Gasteiger partial charge in [0.25, 0.3) is 0 Å². The number of carbonyl (C=O) groups excluding carboxylic acids is 1. The number of benzene rings is 1. The number of aryl methyl sites for hydroxylation is 1. The fraction of sp³-hybridized carbons (Fsp3) is 0.417. The molecule has 8 heteroatoms. The Morgan fingerprint density at radius 2 is 2.10 bits per heavy atom. The molecule has 0 heterocycles. The maximum absolute atomic E-state index is 13.7. The van der Waals surface area contributed by atoms with E-state index >= 15 is 0 Å². The summed E-state index contributed by atoms with van der Waals surface area (Å²) >= 11 is 0. The number of nitrogens with one attached hydrogen (secondary N) is 1. The van der Waals surface area contributed by atoms with E-state index in [0.717, 1.165) is 12.1 Å². The number of nitrogen functional groups attached to an aromatic ring is 1. The zero-order valence-electron chi connectivity index (χ0n) is 11.3. The number of anilines is 1. The summed E-state index contributed by atoms with van der Waals surface area (Å²) in [6.45, 7) is 3.26. The van der Waals surface area contributed by atoms with E-state index in [1.54, 1.807) is 13.8 Å². The maximum Gasteiger partial charge on any atom is 0.307 e. The molecule has 0 atom stereocenters. The van der Waals surface area contributed by atoms with Gasteiger partial charge in [-0.05, 0) is 31.5 Å². The molecule has 0 aliphatic heterocycles. The van der Waals surface area contributed by atoms with Gasteiger partial charge in [-0.2, -0.15) is 0 Å². The molecule has 0 amide bonds. The molecule has 1 aromatic carbocycles. The fourth-order valence-corrected chi connectivity index (χ4v) is 2.60. The van der Waals surface area contributed by atoms with Crippen molar-refractivity contribution in [1.29, 1.82) is 0 Å². The van der Waals surface area contributed by atoms with Gasteiger partial charge < -0.3 is 10.5 Å². The van der Waals surface area contributed by atoms with Gasteiger partial charge in [0, 0.05) is 12.2 Å². The lowest BCUT2D eigenvalue weighted by Crippen LogP contribution is -2.27. The lowest BCUT2D eigenvalue weighted by atomic mass is 10.2. The number of nitrogens with two attached hydrogens (primary N) is 1. The monoisotopic (exact) mass is 304 g/mol. The molecule has 0 saturated carbocycles. The Hall–Kier alpha value is -1.67. The lowest BCUT2D eigenvalue weighted by molar-refractivity contribution is -0.142. The van der Waals surface area contributed by atoms with Gasteiger partial charge in [-0.3, -0.25) is 4.79 Å². The van der Waals surface area contributed by atoms with Crippen molar-refractivity contribution in [3.8, 4) is 0 Å².